The fourth-order valence-corrected chi connectivity index (χ4v) is 7.80. The molecular weight excluding hydrogens is 665 g/mol. The summed E-state index contributed by atoms with van der Waals surface area (Å²) in [5.41, 5.74) is 10.2. The van der Waals surface area contributed by atoms with Gasteiger partial charge in [-0.3, -0.25) is 4.98 Å². The molecule has 4 aromatic heterocycles. The lowest BCUT2D eigenvalue weighted by molar-refractivity contribution is 0.667. The number of furan rings is 2. The summed E-state index contributed by atoms with van der Waals surface area (Å²) in [7, 11) is 0. The predicted molar refractivity (Wildman–Crippen MR) is 217 cm³/mol. The standard InChI is InChI=1S/C48H28N4O2/c1-2-12-29(13-3-1)30-14-8-15-31(26-30)46-50-47(52-48(51-46)38-22-11-25-42-44(38)36-16-4-6-23-40(36)53-42)35-21-10-18-32-33(35)19-9-20-34(32)39-27-49-28-43-45(39)37-17-5-7-24-41(37)54-43/h1-28H. The number of hydrogen-bond donors (Lipinski definition) is 0. The third kappa shape index (κ3) is 4.81. The van der Waals surface area contributed by atoms with E-state index in [4.69, 9.17) is 23.8 Å². The molecule has 0 saturated heterocycles. The number of fused-ring (bicyclic) bond motifs is 7. The zero-order chi connectivity index (χ0) is 35.6. The van der Waals surface area contributed by atoms with Gasteiger partial charge in [-0.1, -0.05) is 133 Å². The molecule has 0 fully saturated rings. The SMILES string of the molecule is c1ccc(-c2cccc(-c3nc(-c4cccc5c(-c6cncc7oc8ccccc8c67)cccc45)nc(-c4cccc5oc6ccccc6c45)n3)c2)cc1. The van der Waals surface area contributed by atoms with E-state index in [2.05, 4.69) is 108 Å². The minimum absolute atomic E-state index is 0.573. The molecule has 6 nitrogen and oxygen atoms in total. The van der Waals surface area contributed by atoms with Gasteiger partial charge in [-0.25, -0.2) is 15.0 Å². The highest BCUT2D eigenvalue weighted by Gasteiger charge is 2.20. The van der Waals surface area contributed by atoms with E-state index in [9.17, 15) is 0 Å². The Morgan fingerprint density at radius 3 is 1.63 bits per heavy atom. The molecule has 0 aliphatic carbocycles. The summed E-state index contributed by atoms with van der Waals surface area (Å²) < 4.78 is 12.5. The van der Waals surface area contributed by atoms with Crippen molar-refractivity contribution in [3.05, 3.63) is 170 Å². The normalized spacial score (nSPS) is 11.7. The Labute approximate surface area is 309 Å². The van der Waals surface area contributed by atoms with E-state index in [1.54, 1.807) is 6.20 Å². The second kappa shape index (κ2) is 12.1. The van der Waals surface area contributed by atoms with Crippen LogP contribution in [0.15, 0.2) is 179 Å². The lowest BCUT2D eigenvalue weighted by Crippen LogP contribution is -2.01. The van der Waals surface area contributed by atoms with Gasteiger partial charge in [0.25, 0.3) is 0 Å². The Kier molecular flexibility index (Phi) is 6.75. The molecule has 11 rings (SSSR count). The molecule has 0 spiro atoms. The van der Waals surface area contributed by atoms with Crippen LogP contribution in [0.25, 0.3) is 111 Å². The first-order chi connectivity index (χ1) is 26.8. The summed E-state index contributed by atoms with van der Waals surface area (Å²) in [6.07, 6.45) is 3.72. The van der Waals surface area contributed by atoms with Crippen LogP contribution in [0.3, 0.4) is 0 Å². The molecule has 4 heterocycles. The molecule has 0 radical (unpaired) electrons. The molecule has 11 aromatic rings. The number of nitrogens with zero attached hydrogens (tertiary/aromatic N) is 4. The molecule has 0 bridgehead atoms. The molecular formula is C48H28N4O2. The van der Waals surface area contributed by atoms with Crippen LogP contribution in [0.1, 0.15) is 0 Å². The molecule has 54 heavy (non-hydrogen) atoms. The van der Waals surface area contributed by atoms with Gasteiger partial charge >= 0.3 is 0 Å². The molecule has 0 unspecified atom stereocenters. The Balaban J connectivity index is 1.16. The Morgan fingerprint density at radius 2 is 0.833 bits per heavy atom. The summed E-state index contributed by atoms with van der Waals surface area (Å²) in [6.45, 7) is 0. The van der Waals surface area contributed by atoms with E-state index in [-0.39, 0.29) is 0 Å². The van der Waals surface area contributed by atoms with Gasteiger partial charge in [-0.15, -0.1) is 0 Å². The van der Waals surface area contributed by atoms with Crippen molar-refractivity contribution in [3.63, 3.8) is 0 Å². The average Bonchev–Trinajstić information content (AvgIpc) is 3.82. The molecule has 0 saturated carbocycles. The predicted octanol–water partition coefficient (Wildman–Crippen LogP) is 12.6. The smallest absolute Gasteiger partial charge is 0.164 e. The van der Waals surface area contributed by atoms with Crippen LogP contribution in [0.2, 0.25) is 0 Å². The maximum absolute atomic E-state index is 6.29. The number of benzene rings is 7. The van der Waals surface area contributed by atoms with Gasteiger partial charge in [0.1, 0.15) is 16.7 Å². The first-order valence-corrected chi connectivity index (χ1v) is 17.9. The quantitative estimate of drug-likeness (QED) is 0.179. The van der Waals surface area contributed by atoms with Crippen LogP contribution in [0.4, 0.5) is 0 Å². The van der Waals surface area contributed by atoms with Crippen molar-refractivity contribution >= 4 is 54.6 Å². The van der Waals surface area contributed by atoms with Crippen molar-refractivity contribution in [2.75, 3.05) is 0 Å². The lowest BCUT2D eigenvalue weighted by atomic mass is 9.94. The van der Waals surface area contributed by atoms with Gasteiger partial charge < -0.3 is 8.83 Å². The van der Waals surface area contributed by atoms with Crippen LogP contribution in [-0.4, -0.2) is 19.9 Å². The fourth-order valence-electron chi connectivity index (χ4n) is 7.80. The maximum atomic E-state index is 6.29. The van der Waals surface area contributed by atoms with Gasteiger partial charge in [0.05, 0.1) is 6.20 Å². The molecule has 0 aliphatic rings. The molecule has 0 atom stereocenters. The third-order valence-electron chi connectivity index (χ3n) is 10.2. The largest absolute Gasteiger partial charge is 0.456 e. The molecule has 0 N–H and O–H groups in total. The highest BCUT2D eigenvalue weighted by molar-refractivity contribution is 6.16. The first-order valence-electron chi connectivity index (χ1n) is 17.9. The second-order valence-corrected chi connectivity index (χ2v) is 13.4. The number of pyridine rings is 1. The number of rotatable bonds is 5. The Hall–Kier alpha value is -7.44. The lowest BCUT2D eigenvalue weighted by Gasteiger charge is -2.13. The maximum Gasteiger partial charge on any atom is 0.164 e. The molecule has 6 heteroatoms. The van der Waals surface area contributed by atoms with Crippen LogP contribution < -0.4 is 0 Å². The minimum atomic E-state index is 0.573. The molecule has 0 aliphatic heterocycles. The minimum Gasteiger partial charge on any atom is -0.456 e. The zero-order valence-electron chi connectivity index (χ0n) is 28.8. The van der Waals surface area contributed by atoms with Gasteiger partial charge in [-0.2, -0.15) is 0 Å². The highest BCUT2D eigenvalue weighted by Crippen LogP contribution is 2.41. The summed E-state index contributed by atoms with van der Waals surface area (Å²) in [4.78, 5) is 20.3. The average molecular weight is 693 g/mol. The Bertz CT molecular complexity index is 3240. The van der Waals surface area contributed by atoms with Crippen molar-refractivity contribution in [2.45, 2.75) is 0 Å². The number of aromatic nitrogens is 4. The van der Waals surface area contributed by atoms with E-state index in [1.807, 2.05) is 60.8 Å². The number of hydrogen-bond acceptors (Lipinski definition) is 6. The van der Waals surface area contributed by atoms with Gasteiger partial charge in [0.2, 0.25) is 0 Å². The van der Waals surface area contributed by atoms with Crippen molar-refractivity contribution < 1.29 is 8.83 Å². The zero-order valence-corrected chi connectivity index (χ0v) is 28.8. The Morgan fingerprint density at radius 1 is 0.315 bits per heavy atom. The summed E-state index contributed by atoms with van der Waals surface area (Å²) in [5, 5.41) is 6.18. The molecule has 7 aromatic carbocycles. The summed E-state index contributed by atoms with van der Waals surface area (Å²) >= 11 is 0. The highest BCUT2D eigenvalue weighted by atomic mass is 16.3. The van der Waals surface area contributed by atoms with E-state index in [0.29, 0.717) is 17.5 Å². The van der Waals surface area contributed by atoms with Crippen molar-refractivity contribution in [2.24, 2.45) is 0 Å². The summed E-state index contributed by atoms with van der Waals surface area (Å²) in [6, 6.07) is 53.7. The van der Waals surface area contributed by atoms with E-state index in [0.717, 1.165) is 93.6 Å². The van der Waals surface area contributed by atoms with Crippen LogP contribution in [0, 0.1) is 0 Å². The van der Waals surface area contributed by atoms with Gasteiger partial charge in [0.15, 0.2) is 23.1 Å². The molecule has 252 valence electrons. The van der Waals surface area contributed by atoms with Gasteiger partial charge in [0, 0.05) is 50.0 Å². The number of para-hydroxylation sites is 2. The summed E-state index contributed by atoms with van der Waals surface area (Å²) in [5.74, 6) is 1.74. The van der Waals surface area contributed by atoms with Crippen LogP contribution in [-0.2, 0) is 0 Å². The van der Waals surface area contributed by atoms with E-state index in [1.165, 1.54) is 0 Å². The van der Waals surface area contributed by atoms with Gasteiger partial charge in [-0.05, 0) is 51.7 Å². The van der Waals surface area contributed by atoms with Crippen LogP contribution in [0.5, 0.6) is 0 Å². The fraction of sp³-hybridized carbons (Fsp3) is 0. The van der Waals surface area contributed by atoms with Crippen molar-refractivity contribution in [3.8, 4) is 56.4 Å². The third-order valence-corrected chi connectivity index (χ3v) is 10.2. The van der Waals surface area contributed by atoms with Crippen molar-refractivity contribution in [1.29, 1.82) is 0 Å². The van der Waals surface area contributed by atoms with Crippen LogP contribution >= 0.6 is 0 Å². The second-order valence-electron chi connectivity index (χ2n) is 13.4. The molecule has 0 amide bonds. The topological polar surface area (TPSA) is 77.8 Å². The van der Waals surface area contributed by atoms with E-state index < -0.39 is 0 Å². The first kappa shape index (κ1) is 30.2. The van der Waals surface area contributed by atoms with Crippen molar-refractivity contribution in [1.82, 2.24) is 19.9 Å². The monoisotopic (exact) mass is 692 g/mol. The van der Waals surface area contributed by atoms with E-state index >= 15 is 0 Å².